The van der Waals surface area contributed by atoms with Crippen LogP contribution in [0.5, 0.6) is 5.75 Å². The van der Waals surface area contributed by atoms with Crippen molar-refractivity contribution in [3.05, 3.63) is 29.8 Å². The van der Waals surface area contributed by atoms with E-state index in [0.717, 1.165) is 29.1 Å². The number of methoxy groups -OCH3 is 1. The average molecular weight is 289 g/mol. The second kappa shape index (κ2) is 6.37. The maximum absolute atomic E-state index is 10.3. The summed E-state index contributed by atoms with van der Waals surface area (Å²) < 4.78 is 5.15. The molecule has 0 aromatic heterocycles. The van der Waals surface area contributed by atoms with Crippen LogP contribution in [0.3, 0.4) is 0 Å². The van der Waals surface area contributed by atoms with E-state index in [4.69, 9.17) is 4.74 Å². The van der Waals surface area contributed by atoms with E-state index in [1.54, 1.807) is 7.11 Å². The van der Waals surface area contributed by atoms with Gasteiger partial charge in [0.05, 0.1) is 13.2 Å². The van der Waals surface area contributed by atoms with Gasteiger partial charge in [0.2, 0.25) is 0 Å². The van der Waals surface area contributed by atoms with E-state index >= 15 is 0 Å². The van der Waals surface area contributed by atoms with Crippen LogP contribution in [0.1, 0.15) is 44.3 Å². The zero-order chi connectivity index (χ0) is 14.8. The van der Waals surface area contributed by atoms with Gasteiger partial charge in [-0.2, -0.15) is 0 Å². The summed E-state index contributed by atoms with van der Waals surface area (Å²) in [5, 5.41) is 13.9. The lowest BCUT2D eigenvalue weighted by Crippen LogP contribution is -2.38. The molecule has 0 amide bonds. The largest absolute Gasteiger partial charge is 0.497 e. The summed E-state index contributed by atoms with van der Waals surface area (Å²) >= 11 is 0. The highest BCUT2D eigenvalue weighted by Crippen LogP contribution is 2.49. The number of hydrogen-bond donors (Lipinski definition) is 2. The molecular formula is C18H27NO2. The summed E-state index contributed by atoms with van der Waals surface area (Å²) in [6.07, 6.45) is 5.25. The minimum Gasteiger partial charge on any atom is -0.497 e. The van der Waals surface area contributed by atoms with E-state index < -0.39 is 6.10 Å². The van der Waals surface area contributed by atoms with Crippen molar-refractivity contribution < 1.29 is 9.84 Å². The van der Waals surface area contributed by atoms with Crippen LogP contribution in [0.2, 0.25) is 0 Å². The standard InChI is InChI=1S/C18H27NO2/c1-12(17-10-13-3-4-15(17)9-13)19-11-18(20)14-5-7-16(21-2)8-6-14/h5-8,12-13,15,17-20H,3-4,9-11H2,1-2H3. The van der Waals surface area contributed by atoms with Crippen LogP contribution in [-0.2, 0) is 0 Å². The quantitative estimate of drug-likeness (QED) is 0.845. The van der Waals surface area contributed by atoms with Gasteiger partial charge in [-0.15, -0.1) is 0 Å². The third-order valence-electron chi connectivity index (χ3n) is 5.57. The SMILES string of the molecule is COc1ccc(C(O)CNC(C)C2CC3CCC2C3)cc1. The number of benzene rings is 1. The topological polar surface area (TPSA) is 41.5 Å². The monoisotopic (exact) mass is 289 g/mol. The summed E-state index contributed by atoms with van der Waals surface area (Å²) in [5.74, 6) is 3.55. The Balaban J connectivity index is 1.49. The fourth-order valence-corrected chi connectivity index (χ4v) is 4.30. The third kappa shape index (κ3) is 3.24. The summed E-state index contributed by atoms with van der Waals surface area (Å²) in [6.45, 7) is 2.91. The first-order valence-corrected chi connectivity index (χ1v) is 8.22. The average Bonchev–Trinajstić information content (AvgIpc) is 3.15. The van der Waals surface area contributed by atoms with Gasteiger partial charge in [-0.25, -0.2) is 0 Å². The van der Waals surface area contributed by atoms with Crippen LogP contribution in [0.25, 0.3) is 0 Å². The van der Waals surface area contributed by atoms with Gasteiger partial charge in [0, 0.05) is 12.6 Å². The van der Waals surface area contributed by atoms with Crippen LogP contribution >= 0.6 is 0 Å². The number of aliphatic hydroxyl groups is 1. The number of nitrogens with one attached hydrogen (secondary N) is 1. The zero-order valence-corrected chi connectivity index (χ0v) is 13.1. The predicted octanol–water partition coefficient (Wildman–Crippen LogP) is 3.14. The molecule has 2 aliphatic rings. The third-order valence-corrected chi connectivity index (χ3v) is 5.57. The van der Waals surface area contributed by atoms with Crippen LogP contribution in [0, 0.1) is 17.8 Å². The van der Waals surface area contributed by atoms with Gasteiger partial charge >= 0.3 is 0 Å². The molecule has 0 saturated heterocycles. The number of rotatable bonds is 6. The van der Waals surface area contributed by atoms with Gasteiger partial charge in [-0.05, 0) is 61.6 Å². The van der Waals surface area contributed by atoms with E-state index in [9.17, 15) is 5.11 Å². The van der Waals surface area contributed by atoms with E-state index in [-0.39, 0.29) is 0 Å². The molecule has 2 N–H and O–H groups in total. The highest BCUT2D eigenvalue weighted by Gasteiger charge is 2.41. The summed E-state index contributed by atoms with van der Waals surface area (Å²) in [5.41, 5.74) is 0.948. The summed E-state index contributed by atoms with van der Waals surface area (Å²) in [4.78, 5) is 0. The van der Waals surface area contributed by atoms with E-state index in [0.29, 0.717) is 12.6 Å². The van der Waals surface area contributed by atoms with Crippen LogP contribution < -0.4 is 10.1 Å². The number of ether oxygens (including phenoxy) is 1. The highest BCUT2D eigenvalue weighted by atomic mass is 16.5. The molecule has 3 heteroatoms. The van der Waals surface area contributed by atoms with E-state index in [1.165, 1.54) is 25.7 Å². The lowest BCUT2D eigenvalue weighted by atomic mass is 9.84. The van der Waals surface area contributed by atoms with Crippen molar-refractivity contribution in [1.29, 1.82) is 0 Å². The molecule has 5 atom stereocenters. The van der Waals surface area contributed by atoms with Crippen molar-refractivity contribution in [2.45, 2.75) is 44.8 Å². The van der Waals surface area contributed by atoms with Crippen LogP contribution in [-0.4, -0.2) is 24.8 Å². The first kappa shape index (κ1) is 14.9. The van der Waals surface area contributed by atoms with Gasteiger partial charge in [-0.3, -0.25) is 0 Å². The molecule has 116 valence electrons. The number of aliphatic hydroxyl groups excluding tert-OH is 1. The molecule has 1 aromatic carbocycles. The molecule has 3 nitrogen and oxygen atoms in total. The summed E-state index contributed by atoms with van der Waals surface area (Å²) in [7, 11) is 1.66. The molecule has 0 radical (unpaired) electrons. The van der Waals surface area contributed by atoms with E-state index in [2.05, 4.69) is 12.2 Å². The molecule has 2 saturated carbocycles. The molecule has 5 unspecified atom stereocenters. The first-order chi connectivity index (χ1) is 10.2. The molecule has 0 heterocycles. The second-order valence-electron chi connectivity index (χ2n) is 6.82. The van der Waals surface area contributed by atoms with Gasteiger partial charge in [0.15, 0.2) is 0 Å². The Bertz CT molecular complexity index is 459. The Labute approximate surface area is 127 Å². The Morgan fingerprint density at radius 1 is 1.24 bits per heavy atom. The fraction of sp³-hybridized carbons (Fsp3) is 0.667. The minimum absolute atomic E-state index is 0.447. The maximum atomic E-state index is 10.3. The molecular weight excluding hydrogens is 262 g/mol. The lowest BCUT2D eigenvalue weighted by molar-refractivity contribution is 0.158. The van der Waals surface area contributed by atoms with Gasteiger partial charge in [0.1, 0.15) is 5.75 Å². The molecule has 0 spiro atoms. The molecule has 1 aromatic rings. The van der Waals surface area contributed by atoms with E-state index in [1.807, 2.05) is 24.3 Å². The van der Waals surface area contributed by atoms with Crippen LogP contribution in [0.15, 0.2) is 24.3 Å². The van der Waals surface area contributed by atoms with Crippen molar-refractivity contribution in [2.24, 2.45) is 17.8 Å². The predicted molar refractivity (Wildman–Crippen MR) is 84.4 cm³/mol. The van der Waals surface area contributed by atoms with Crippen molar-refractivity contribution in [1.82, 2.24) is 5.32 Å². The minimum atomic E-state index is -0.447. The van der Waals surface area contributed by atoms with Gasteiger partial charge < -0.3 is 15.2 Å². The maximum Gasteiger partial charge on any atom is 0.118 e. The molecule has 2 aliphatic carbocycles. The lowest BCUT2D eigenvalue weighted by Gasteiger charge is -2.29. The number of hydrogen-bond acceptors (Lipinski definition) is 3. The highest BCUT2D eigenvalue weighted by molar-refractivity contribution is 5.28. The van der Waals surface area contributed by atoms with Crippen molar-refractivity contribution in [2.75, 3.05) is 13.7 Å². The Morgan fingerprint density at radius 2 is 2.00 bits per heavy atom. The summed E-state index contributed by atoms with van der Waals surface area (Å²) in [6, 6.07) is 8.18. The fourth-order valence-electron chi connectivity index (χ4n) is 4.30. The molecule has 2 fully saturated rings. The first-order valence-electron chi connectivity index (χ1n) is 8.22. The van der Waals surface area contributed by atoms with Crippen molar-refractivity contribution in [3.63, 3.8) is 0 Å². The second-order valence-corrected chi connectivity index (χ2v) is 6.82. The Kier molecular flexibility index (Phi) is 4.51. The van der Waals surface area contributed by atoms with Gasteiger partial charge in [-0.1, -0.05) is 18.6 Å². The Hall–Kier alpha value is -1.06. The van der Waals surface area contributed by atoms with Crippen molar-refractivity contribution >= 4 is 0 Å². The normalized spacial score (nSPS) is 30.3. The molecule has 2 bridgehead atoms. The number of fused-ring (bicyclic) bond motifs is 2. The Morgan fingerprint density at radius 3 is 2.57 bits per heavy atom. The zero-order valence-electron chi connectivity index (χ0n) is 13.1. The molecule has 21 heavy (non-hydrogen) atoms. The van der Waals surface area contributed by atoms with Gasteiger partial charge in [0.25, 0.3) is 0 Å². The van der Waals surface area contributed by atoms with Crippen LogP contribution in [0.4, 0.5) is 0 Å². The molecule has 0 aliphatic heterocycles. The van der Waals surface area contributed by atoms with Crippen molar-refractivity contribution in [3.8, 4) is 5.75 Å². The smallest absolute Gasteiger partial charge is 0.118 e. The molecule has 3 rings (SSSR count).